The first kappa shape index (κ1) is 21.1. The third kappa shape index (κ3) is 3.41. The summed E-state index contributed by atoms with van der Waals surface area (Å²) in [7, 11) is 0. The van der Waals surface area contributed by atoms with Crippen LogP contribution in [0.3, 0.4) is 0 Å². The summed E-state index contributed by atoms with van der Waals surface area (Å²) in [4.78, 5) is 49.1. The van der Waals surface area contributed by atoms with Crippen molar-refractivity contribution in [2.24, 2.45) is 0 Å². The molecule has 3 aromatic heterocycles. The molecular formula is C21H19N3O5S2. The summed E-state index contributed by atoms with van der Waals surface area (Å²) < 4.78 is 5.76. The van der Waals surface area contributed by atoms with E-state index in [0.29, 0.717) is 37.7 Å². The fraction of sp³-hybridized carbons (Fsp3) is 0.286. The number of hydrogen-bond donors (Lipinski definition) is 1. The SMILES string of the molecule is CC(=O)c1sc(N2C(=O)C(O)=C(C(=O)c3sc(C)nc3C)C2c2ccc(C)o2)nc1C. The number of anilines is 1. The summed E-state index contributed by atoms with van der Waals surface area (Å²) in [6, 6.07) is 2.36. The molecule has 8 nitrogen and oxygen atoms in total. The van der Waals surface area contributed by atoms with Crippen LogP contribution in [0.4, 0.5) is 5.13 Å². The maximum Gasteiger partial charge on any atom is 0.296 e. The zero-order valence-corrected chi connectivity index (χ0v) is 19.1. The van der Waals surface area contributed by atoms with E-state index in [1.165, 1.54) is 23.2 Å². The molecule has 1 aliphatic heterocycles. The highest BCUT2D eigenvalue weighted by molar-refractivity contribution is 7.17. The van der Waals surface area contributed by atoms with Gasteiger partial charge in [0.15, 0.2) is 16.7 Å². The predicted molar refractivity (Wildman–Crippen MR) is 116 cm³/mol. The molecule has 4 heterocycles. The largest absolute Gasteiger partial charge is 0.503 e. The van der Waals surface area contributed by atoms with Crippen molar-refractivity contribution in [1.82, 2.24) is 9.97 Å². The standard InChI is InChI=1S/C21H19N3O5S2/c1-8-6-7-13(29-8)15-14(16(26)19-10(3)22-12(5)30-19)17(27)20(28)24(15)21-23-9(2)18(31-21)11(4)25/h6-7,15,27H,1-5H3. The molecule has 1 N–H and O–H groups in total. The number of thiazole rings is 2. The Bertz CT molecular complexity index is 1280. The first-order chi connectivity index (χ1) is 14.6. The van der Waals surface area contributed by atoms with E-state index in [1.54, 1.807) is 39.8 Å². The Labute approximate surface area is 185 Å². The number of furan rings is 1. The number of Topliss-reactive ketones (excluding diaryl/α,β-unsaturated/α-hetero) is 2. The highest BCUT2D eigenvalue weighted by Gasteiger charge is 2.48. The Morgan fingerprint density at radius 2 is 1.74 bits per heavy atom. The van der Waals surface area contributed by atoms with Gasteiger partial charge in [0.25, 0.3) is 5.91 Å². The molecule has 3 aromatic rings. The minimum atomic E-state index is -1.01. The number of carbonyl (C=O) groups is 3. The van der Waals surface area contributed by atoms with Gasteiger partial charge in [-0.1, -0.05) is 11.3 Å². The van der Waals surface area contributed by atoms with Crippen molar-refractivity contribution in [3.8, 4) is 0 Å². The Hall–Kier alpha value is -3.11. The van der Waals surface area contributed by atoms with Crippen LogP contribution < -0.4 is 4.90 Å². The summed E-state index contributed by atoms with van der Waals surface area (Å²) >= 11 is 2.24. The number of aromatic nitrogens is 2. The summed E-state index contributed by atoms with van der Waals surface area (Å²) in [5.41, 5.74) is 0.906. The van der Waals surface area contributed by atoms with E-state index < -0.39 is 23.5 Å². The lowest BCUT2D eigenvalue weighted by atomic mass is 10.00. The van der Waals surface area contributed by atoms with Gasteiger partial charge in [0, 0.05) is 6.92 Å². The van der Waals surface area contributed by atoms with Gasteiger partial charge in [0.05, 0.1) is 31.7 Å². The highest BCUT2D eigenvalue weighted by Crippen LogP contribution is 2.44. The fourth-order valence-corrected chi connectivity index (χ4v) is 5.44. The van der Waals surface area contributed by atoms with E-state index in [0.717, 1.165) is 11.3 Å². The Kier molecular flexibility index (Phi) is 5.14. The number of nitrogens with zero attached hydrogens (tertiary/aromatic N) is 3. The molecule has 1 amide bonds. The summed E-state index contributed by atoms with van der Waals surface area (Å²) in [6.07, 6.45) is 0. The van der Waals surface area contributed by atoms with Crippen molar-refractivity contribution in [3.63, 3.8) is 0 Å². The molecule has 10 heteroatoms. The van der Waals surface area contributed by atoms with E-state index in [2.05, 4.69) is 9.97 Å². The van der Waals surface area contributed by atoms with Crippen LogP contribution in [0.5, 0.6) is 0 Å². The van der Waals surface area contributed by atoms with E-state index in [1.807, 2.05) is 0 Å². The van der Waals surface area contributed by atoms with E-state index >= 15 is 0 Å². The monoisotopic (exact) mass is 457 g/mol. The Morgan fingerprint density at radius 3 is 2.26 bits per heavy atom. The van der Waals surface area contributed by atoms with Crippen LogP contribution in [-0.2, 0) is 4.79 Å². The second kappa shape index (κ2) is 7.54. The maximum absolute atomic E-state index is 13.4. The maximum atomic E-state index is 13.4. The van der Waals surface area contributed by atoms with Gasteiger partial charge in [-0.3, -0.25) is 19.3 Å². The predicted octanol–water partition coefficient (Wildman–Crippen LogP) is 4.41. The summed E-state index contributed by atoms with van der Waals surface area (Å²) in [5, 5.41) is 11.7. The number of amides is 1. The molecule has 0 spiro atoms. The van der Waals surface area contributed by atoms with Gasteiger partial charge in [-0.05, 0) is 39.8 Å². The first-order valence-electron chi connectivity index (χ1n) is 9.40. The number of carbonyl (C=O) groups excluding carboxylic acids is 3. The molecule has 4 rings (SSSR count). The van der Waals surface area contributed by atoms with Gasteiger partial charge >= 0.3 is 0 Å². The van der Waals surface area contributed by atoms with Crippen molar-refractivity contribution in [2.45, 2.75) is 40.7 Å². The molecule has 0 aliphatic carbocycles. The highest BCUT2D eigenvalue weighted by atomic mass is 32.1. The van der Waals surface area contributed by atoms with Crippen LogP contribution >= 0.6 is 22.7 Å². The quantitative estimate of drug-likeness (QED) is 0.564. The van der Waals surface area contributed by atoms with Crippen molar-refractivity contribution in [2.75, 3.05) is 4.90 Å². The lowest BCUT2D eigenvalue weighted by Crippen LogP contribution is -2.30. The van der Waals surface area contributed by atoms with Crippen LogP contribution in [0.2, 0.25) is 0 Å². The minimum Gasteiger partial charge on any atom is -0.503 e. The molecule has 0 aromatic carbocycles. The number of rotatable bonds is 5. The number of aliphatic hydroxyl groups excluding tert-OH is 1. The first-order valence-corrected chi connectivity index (χ1v) is 11.0. The molecule has 1 atom stereocenters. The smallest absolute Gasteiger partial charge is 0.296 e. The molecule has 1 aliphatic rings. The molecule has 0 saturated carbocycles. The zero-order chi connectivity index (χ0) is 22.6. The number of hydrogen-bond acceptors (Lipinski definition) is 9. The average molecular weight is 458 g/mol. The van der Waals surface area contributed by atoms with Gasteiger partial charge < -0.3 is 9.52 Å². The third-order valence-corrected chi connectivity index (χ3v) is 7.23. The van der Waals surface area contributed by atoms with Gasteiger partial charge in [-0.15, -0.1) is 11.3 Å². The van der Waals surface area contributed by atoms with Gasteiger partial charge in [-0.2, -0.15) is 0 Å². The Balaban J connectivity index is 1.89. The molecule has 0 bridgehead atoms. The number of ketones is 2. The molecule has 31 heavy (non-hydrogen) atoms. The van der Waals surface area contributed by atoms with Crippen molar-refractivity contribution >= 4 is 45.3 Å². The topological polar surface area (TPSA) is 114 Å². The van der Waals surface area contributed by atoms with Gasteiger partial charge in [0.2, 0.25) is 5.78 Å². The van der Waals surface area contributed by atoms with Crippen LogP contribution in [0.25, 0.3) is 0 Å². The normalized spacial score (nSPS) is 16.5. The molecule has 0 fully saturated rings. The molecular weight excluding hydrogens is 438 g/mol. The second-order valence-electron chi connectivity index (χ2n) is 7.23. The van der Waals surface area contributed by atoms with Crippen molar-refractivity contribution < 1.29 is 23.9 Å². The minimum absolute atomic E-state index is 0.0941. The van der Waals surface area contributed by atoms with E-state index in [4.69, 9.17) is 4.42 Å². The molecule has 1 unspecified atom stereocenters. The van der Waals surface area contributed by atoms with Gasteiger partial charge in [-0.25, -0.2) is 9.97 Å². The van der Waals surface area contributed by atoms with Crippen LogP contribution in [0, 0.1) is 27.7 Å². The van der Waals surface area contributed by atoms with Crippen LogP contribution in [-0.4, -0.2) is 32.5 Å². The van der Waals surface area contributed by atoms with Crippen molar-refractivity contribution in [3.05, 3.63) is 61.1 Å². The fourth-order valence-electron chi connectivity index (χ4n) is 3.58. The summed E-state index contributed by atoms with van der Waals surface area (Å²) in [5.74, 6) is -1.20. The van der Waals surface area contributed by atoms with Gasteiger partial charge in [0.1, 0.15) is 17.6 Å². The van der Waals surface area contributed by atoms with E-state index in [9.17, 15) is 19.5 Å². The second-order valence-corrected chi connectivity index (χ2v) is 9.41. The van der Waals surface area contributed by atoms with Crippen LogP contribution in [0.1, 0.15) is 60.2 Å². The average Bonchev–Trinajstić information content (AvgIpc) is 3.42. The molecule has 160 valence electrons. The van der Waals surface area contributed by atoms with Crippen LogP contribution in [0.15, 0.2) is 27.9 Å². The third-order valence-electron chi connectivity index (χ3n) is 4.90. The number of aryl methyl sites for hydroxylation is 4. The Morgan fingerprint density at radius 1 is 1.06 bits per heavy atom. The molecule has 0 radical (unpaired) electrons. The summed E-state index contributed by atoms with van der Waals surface area (Å²) in [6.45, 7) is 8.32. The lowest BCUT2D eigenvalue weighted by Gasteiger charge is -2.22. The zero-order valence-electron chi connectivity index (χ0n) is 17.5. The van der Waals surface area contributed by atoms with E-state index in [-0.39, 0.29) is 16.5 Å². The number of aliphatic hydroxyl groups is 1. The molecule has 0 saturated heterocycles. The lowest BCUT2D eigenvalue weighted by molar-refractivity contribution is -0.117. The van der Waals surface area contributed by atoms with Crippen molar-refractivity contribution in [1.29, 1.82) is 0 Å².